The Bertz CT molecular complexity index is 667. The number of allylic oxidation sites excluding steroid dienone is 4. The fourth-order valence-electron chi connectivity index (χ4n) is 5.14. The van der Waals surface area contributed by atoms with E-state index in [1.807, 2.05) is 6.07 Å². The molecule has 3 heteroatoms. The number of aliphatic carboxylic acids is 1. The molecule has 3 N–H and O–H groups in total. The number of carboxylic acids is 1. The molecule has 0 unspecified atom stereocenters. The van der Waals surface area contributed by atoms with Gasteiger partial charge in [0.1, 0.15) is 0 Å². The van der Waals surface area contributed by atoms with Crippen LogP contribution in [-0.4, -0.2) is 17.6 Å². The molecule has 31 heavy (non-hydrogen) atoms. The standard InChI is InChI=1S/C28H43NO2/c1-2-3-4-5-6-7-8-9-13-16-24-17-18-25(21-23-14-11-10-12-15-23)27(22-28(30)31)26(24)19-20-29/h7-8,10-12,14-15,17-18,24-27H,2-6,9,13,16,19-22,29H2,1H3,(H,30,31)/b8-7-/t24-,25+,26+,27+/m1/s1. The van der Waals surface area contributed by atoms with Crippen LogP contribution in [-0.2, 0) is 11.2 Å². The molecule has 1 aliphatic rings. The van der Waals surface area contributed by atoms with Gasteiger partial charge in [-0.15, -0.1) is 0 Å². The molecule has 0 bridgehead atoms. The van der Waals surface area contributed by atoms with Gasteiger partial charge in [0.25, 0.3) is 0 Å². The summed E-state index contributed by atoms with van der Waals surface area (Å²) < 4.78 is 0. The third kappa shape index (κ3) is 9.43. The van der Waals surface area contributed by atoms with Gasteiger partial charge < -0.3 is 10.8 Å². The van der Waals surface area contributed by atoms with Gasteiger partial charge in [-0.2, -0.15) is 0 Å². The molecule has 4 atom stereocenters. The molecule has 0 radical (unpaired) electrons. The van der Waals surface area contributed by atoms with Crippen LogP contribution in [0.1, 0.15) is 76.7 Å². The number of carboxylic acid groups (broad SMARTS) is 1. The van der Waals surface area contributed by atoms with Crippen LogP contribution in [0.3, 0.4) is 0 Å². The number of carbonyl (C=O) groups is 1. The summed E-state index contributed by atoms with van der Waals surface area (Å²) >= 11 is 0. The van der Waals surface area contributed by atoms with Crippen LogP contribution >= 0.6 is 0 Å². The zero-order valence-corrected chi connectivity index (χ0v) is 19.4. The Hall–Kier alpha value is -1.87. The molecule has 0 saturated carbocycles. The first-order valence-electron chi connectivity index (χ1n) is 12.4. The molecule has 0 amide bonds. The molecule has 1 aliphatic carbocycles. The topological polar surface area (TPSA) is 63.3 Å². The maximum Gasteiger partial charge on any atom is 0.303 e. The van der Waals surface area contributed by atoms with E-state index in [9.17, 15) is 9.90 Å². The molecule has 172 valence electrons. The number of rotatable bonds is 15. The number of hydrogen-bond donors (Lipinski definition) is 2. The van der Waals surface area contributed by atoms with E-state index in [1.165, 1.54) is 37.7 Å². The lowest BCUT2D eigenvalue weighted by Gasteiger charge is -2.39. The maximum atomic E-state index is 11.7. The molecule has 2 rings (SSSR count). The molecule has 1 aromatic carbocycles. The summed E-state index contributed by atoms with van der Waals surface area (Å²) in [6, 6.07) is 10.4. The van der Waals surface area contributed by atoms with Crippen LogP contribution in [0.15, 0.2) is 54.6 Å². The van der Waals surface area contributed by atoms with Crippen LogP contribution in [0.25, 0.3) is 0 Å². The van der Waals surface area contributed by atoms with Gasteiger partial charge in [-0.05, 0) is 80.7 Å². The third-order valence-corrected chi connectivity index (χ3v) is 6.78. The van der Waals surface area contributed by atoms with Gasteiger partial charge in [-0.1, -0.05) is 80.8 Å². The Kier molecular flexibility index (Phi) is 12.3. The van der Waals surface area contributed by atoms with E-state index >= 15 is 0 Å². The predicted octanol–water partition coefficient (Wildman–Crippen LogP) is 6.78. The van der Waals surface area contributed by atoms with E-state index in [0.717, 1.165) is 32.1 Å². The second kappa shape index (κ2) is 15.0. The van der Waals surface area contributed by atoms with Crippen molar-refractivity contribution in [1.82, 2.24) is 0 Å². The normalized spacial score (nSPS) is 23.4. The monoisotopic (exact) mass is 425 g/mol. The highest BCUT2D eigenvalue weighted by molar-refractivity contribution is 5.67. The fraction of sp³-hybridized carbons (Fsp3) is 0.607. The molecular weight excluding hydrogens is 382 g/mol. The summed E-state index contributed by atoms with van der Waals surface area (Å²) in [6.45, 7) is 2.87. The van der Waals surface area contributed by atoms with Crippen molar-refractivity contribution < 1.29 is 9.90 Å². The van der Waals surface area contributed by atoms with Crippen LogP contribution in [0.5, 0.6) is 0 Å². The van der Waals surface area contributed by atoms with Gasteiger partial charge in [0, 0.05) is 6.42 Å². The van der Waals surface area contributed by atoms with Gasteiger partial charge in [-0.25, -0.2) is 0 Å². The number of hydrogen-bond acceptors (Lipinski definition) is 2. The third-order valence-electron chi connectivity index (χ3n) is 6.78. The minimum absolute atomic E-state index is 0.158. The van der Waals surface area contributed by atoms with Crippen LogP contribution in [0, 0.1) is 23.7 Å². The first kappa shape index (κ1) is 25.4. The average Bonchev–Trinajstić information content (AvgIpc) is 2.76. The lowest BCUT2D eigenvalue weighted by Crippen LogP contribution is -2.35. The first-order chi connectivity index (χ1) is 15.2. The Morgan fingerprint density at radius 3 is 2.32 bits per heavy atom. The van der Waals surface area contributed by atoms with Crippen molar-refractivity contribution in [2.45, 2.75) is 77.6 Å². The summed E-state index contributed by atoms with van der Waals surface area (Å²) in [7, 11) is 0. The van der Waals surface area contributed by atoms with E-state index in [-0.39, 0.29) is 18.3 Å². The molecule has 0 spiro atoms. The van der Waals surface area contributed by atoms with Gasteiger partial charge in [0.2, 0.25) is 0 Å². The van der Waals surface area contributed by atoms with E-state index in [4.69, 9.17) is 5.73 Å². The molecule has 0 saturated heterocycles. The largest absolute Gasteiger partial charge is 0.481 e. The minimum Gasteiger partial charge on any atom is -0.481 e. The van der Waals surface area contributed by atoms with Crippen LogP contribution in [0.4, 0.5) is 0 Å². The van der Waals surface area contributed by atoms with E-state index in [1.54, 1.807) is 0 Å². The molecular formula is C28H43NO2. The van der Waals surface area contributed by atoms with Crippen molar-refractivity contribution in [3.63, 3.8) is 0 Å². The lowest BCUT2D eigenvalue weighted by atomic mass is 9.65. The highest BCUT2D eigenvalue weighted by Crippen LogP contribution is 2.41. The van der Waals surface area contributed by atoms with E-state index in [0.29, 0.717) is 18.4 Å². The zero-order valence-electron chi connectivity index (χ0n) is 19.4. The fourth-order valence-corrected chi connectivity index (χ4v) is 5.14. The van der Waals surface area contributed by atoms with E-state index in [2.05, 4.69) is 55.5 Å². The summed E-state index contributed by atoms with van der Waals surface area (Å²) in [5.74, 6) is 0.542. The van der Waals surface area contributed by atoms with Crippen LogP contribution in [0.2, 0.25) is 0 Å². The van der Waals surface area contributed by atoms with E-state index < -0.39 is 5.97 Å². The van der Waals surface area contributed by atoms with Gasteiger partial charge >= 0.3 is 5.97 Å². The highest BCUT2D eigenvalue weighted by atomic mass is 16.4. The predicted molar refractivity (Wildman–Crippen MR) is 131 cm³/mol. The summed E-state index contributed by atoms with van der Waals surface area (Å²) in [6.07, 6.45) is 21.3. The smallest absolute Gasteiger partial charge is 0.303 e. The minimum atomic E-state index is -0.690. The number of benzene rings is 1. The summed E-state index contributed by atoms with van der Waals surface area (Å²) in [5.41, 5.74) is 7.25. The Morgan fingerprint density at radius 2 is 1.65 bits per heavy atom. The van der Waals surface area contributed by atoms with Gasteiger partial charge in [0.15, 0.2) is 0 Å². The summed E-state index contributed by atoms with van der Waals surface area (Å²) in [5, 5.41) is 9.61. The molecule has 0 aromatic heterocycles. The lowest BCUT2D eigenvalue weighted by molar-refractivity contribution is -0.139. The SMILES string of the molecule is CCCCCC/C=C\CCC[C@@H]1C=C[C@@H](Cc2ccccc2)[C@H](CC(=O)O)[C@H]1CCN. The Balaban J connectivity index is 1.94. The quantitative estimate of drug-likeness (QED) is 0.240. The molecule has 0 fully saturated rings. The van der Waals surface area contributed by atoms with Crippen LogP contribution < -0.4 is 5.73 Å². The molecule has 1 aromatic rings. The molecule has 0 aliphatic heterocycles. The second-order valence-electron chi connectivity index (χ2n) is 9.16. The van der Waals surface area contributed by atoms with Crippen molar-refractivity contribution in [1.29, 1.82) is 0 Å². The maximum absolute atomic E-state index is 11.7. The second-order valence-corrected chi connectivity index (χ2v) is 9.16. The number of unbranched alkanes of at least 4 members (excludes halogenated alkanes) is 5. The zero-order chi connectivity index (χ0) is 22.3. The van der Waals surface area contributed by atoms with Crippen molar-refractivity contribution in [3.8, 4) is 0 Å². The van der Waals surface area contributed by atoms with Gasteiger partial charge in [0.05, 0.1) is 0 Å². The van der Waals surface area contributed by atoms with Crippen molar-refractivity contribution in [2.75, 3.05) is 6.54 Å². The van der Waals surface area contributed by atoms with Crippen molar-refractivity contribution in [3.05, 3.63) is 60.2 Å². The first-order valence-corrected chi connectivity index (χ1v) is 12.4. The summed E-state index contributed by atoms with van der Waals surface area (Å²) in [4.78, 5) is 11.7. The Labute approximate surface area is 189 Å². The average molecular weight is 426 g/mol. The van der Waals surface area contributed by atoms with Gasteiger partial charge in [-0.3, -0.25) is 4.79 Å². The van der Waals surface area contributed by atoms with Crippen molar-refractivity contribution >= 4 is 5.97 Å². The molecule has 0 heterocycles. The Morgan fingerprint density at radius 1 is 0.935 bits per heavy atom. The van der Waals surface area contributed by atoms with Crippen molar-refractivity contribution in [2.24, 2.45) is 29.4 Å². The highest BCUT2D eigenvalue weighted by Gasteiger charge is 2.36. The number of nitrogens with two attached hydrogens (primary N) is 1. The molecule has 3 nitrogen and oxygen atoms in total.